The molecule has 4 nitrogen and oxygen atoms in total. The van der Waals surface area contributed by atoms with Gasteiger partial charge in [-0.15, -0.1) is 0 Å². The monoisotopic (exact) mass is 216 g/mol. The average molecular weight is 216 g/mol. The van der Waals surface area contributed by atoms with E-state index in [-0.39, 0.29) is 0 Å². The van der Waals surface area contributed by atoms with E-state index in [1.54, 1.807) is 7.11 Å². The van der Waals surface area contributed by atoms with Gasteiger partial charge in [0, 0.05) is 26.8 Å². The Morgan fingerprint density at radius 1 is 1.40 bits per heavy atom. The van der Waals surface area contributed by atoms with Gasteiger partial charge >= 0.3 is 0 Å². The molecular weight excluding hydrogens is 192 g/mol. The molecule has 1 heterocycles. The Balaban J connectivity index is 2.20. The highest BCUT2D eigenvalue weighted by molar-refractivity contribution is 4.86. The average Bonchev–Trinajstić information content (AvgIpc) is 2.18. The SMILES string of the molecule is COCCCN(C)CC1(O)CCNCC1. The summed E-state index contributed by atoms with van der Waals surface area (Å²) in [6, 6.07) is 0. The van der Waals surface area contributed by atoms with Gasteiger partial charge in [-0.25, -0.2) is 0 Å². The first-order valence-corrected chi connectivity index (χ1v) is 5.77. The van der Waals surface area contributed by atoms with Crippen molar-refractivity contribution in [2.75, 3.05) is 46.9 Å². The highest BCUT2D eigenvalue weighted by Crippen LogP contribution is 2.18. The second-order valence-electron chi connectivity index (χ2n) is 4.56. The Kier molecular flexibility index (Phi) is 5.53. The van der Waals surface area contributed by atoms with Crippen LogP contribution in [0, 0.1) is 0 Å². The van der Waals surface area contributed by atoms with Gasteiger partial charge in [0.05, 0.1) is 5.60 Å². The highest BCUT2D eigenvalue weighted by atomic mass is 16.5. The van der Waals surface area contributed by atoms with E-state index in [4.69, 9.17) is 4.74 Å². The zero-order chi connectivity index (χ0) is 11.1. The van der Waals surface area contributed by atoms with Crippen molar-refractivity contribution in [3.05, 3.63) is 0 Å². The standard InChI is InChI=1S/C11H24N2O2/c1-13(8-3-9-15-2)10-11(14)4-6-12-7-5-11/h12,14H,3-10H2,1-2H3. The number of rotatable bonds is 6. The fourth-order valence-electron chi connectivity index (χ4n) is 2.11. The Morgan fingerprint density at radius 3 is 2.67 bits per heavy atom. The van der Waals surface area contributed by atoms with Crippen LogP contribution in [0.4, 0.5) is 0 Å². The molecule has 0 radical (unpaired) electrons. The number of hydrogen-bond acceptors (Lipinski definition) is 4. The van der Waals surface area contributed by atoms with Crippen LogP contribution < -0.4 is 5.32 Å². The maximum Gasteiger partial charge on any atom is 0.0798 e. The summed E-state index contributed by atoms with van der Waals surface area (Å²) < 4.78 is 5.01. The molecule has 0 spiro atoms. The first kappa shape index (κ1) is 12.9. The van der Waals surface area contributed by atoms with Crippen molar-refractivity contribution >= 4 is 0 Å². The second-order valence-corrected chi connectivity index (χ2v) is 4.56. The molecule has 1 aliphatic heterocycles. The molecule has 1 rings (SSSR count). The van der Waals surface area contributed by atoms with E-state index in [9.17, 15) is 5.11 Å². The lowest BCUT2D eigenvalue weighted by Crippen LogP contribution is -2.49. The molecule has 4 heteroatoms. The number of methoxy groups -OCH3 is 1. The van der Waals surface area contributed by atoms with Gasteiger partial charge in [-0.3, -0.25) is 0 Å². The predicted molar refractivity (Wildman–Crippen MR) is 61.0 cm³/mol. The molecule has 0 atom stereocenters. The van der Waals surface area contributed by atoms with Crippen molar-refractivity contribution in [3.63, 3.8) is 0 Å². The fourth-order valence-corrected chi connectivity index (χ4v) is 2.11. The minimum atomic E-state index is -0.479. The predicted octanol–water partition coefficient (Wildman–Crippen LogP) is 0.0692. The number of nitrogens with one attached hydrogen (secondary N) is 1. The number of nitrogens with zero attached hydrogens (tertiary/aromatic N) is 1. The van der Waals surface area contributed by atoms with Gasteiger partial charge < -0.3 is 20.1 Å². The molecule has 1 fully saturated rings. The molecule has 0 bridgehead atoms. The maximum atomic E-state index is 10.3. The Hall–Kier alpha value is -0.160. The molecule has 2 N–H and O–H groups in total. The number of aliphatic hydroxyl groups is 1. The maximum absolute atomic E-state index is 10.3. The quantitative estimate of drug-likeness (QED) is 0.617. The number of piperidine rings is 1. The van der Waals surface area contributed by atoms with Crippen LogP contribution in [0.5, 0.6) is 0 Å². The van der Waals surface area contributed by atoms with E-state index in [0.717, 1.165) is 52.0 Å². The summed E-state index contributed by atoms with van der Waals surface area (Å²) in [5.41, 5.74) is -0.479. The van der Waals surface area contributed by atoms with Crippen molar-refractivity contribution < 1.29 is 9.84 Å². The van der Waals surface area contributed by atoms with Crippen LogP contribution in [0.15, 0.2) is 0 Å². The van der Waals surface area contributed by atoms with E-state index in [0.29, 0.717) is 0 Å². The molecule has 0 unspecified atom stereocenters. The van der Waals surface area contributed by atoms with Crippen molar-refractivity contribution in [3.8, 4) is 0 Å². The molecule has 90 valence electrons. The van der Waals surface area contributed by atoms with Crippen LogP contribution in [0.1, 0.15) is 19.3 Å². The van der Waals surface area contributed by atoms with Crippen LogP contribution in [-0.2, 0) is 4.74 Å². The normalized spacial score (nSPS) is 20.8. The summed E-state index contributed by atoms with van der Waals surface area (Å²) in [6.07, 6.45) is 2.75. The van der Waals surface area contributed by atoms with Gasteiger partial charge in [-0.1, -0.05) is 0 Å². The lowest BCUT2D eigenvalue weighted by molar-refractivity contribution is -0.0163. The van der Waals surface area contributed by atoms with Gasteiger partial charge in [0.1, 0.15) is 0 Å². The summed E-state index contributed by atoms with van der Waals surface area (Å²) in [4.78, 5) is 2.20. The third-order valence-corrected chi connectivity index (χ3v) is 2.99. The van der Waals surface area contributed by atoms with Gasteiger partial charge in [0.25, 0.3) is 0 Å². The number of likely N-dealkylation sites (N-methyl/N-ethyl adjacent to an activating group) is 1. The van der Waals surface area contributed by atoms with E-state index in [1.165, 1.54) is 0 Å². The highest BCUT2D eigenvalue weighted by Gasteiger charge is 2.29. The second kappa shape index (κ2) is 6.43. The Morgan fingerprint density at radius 2 is 2.07 bits per heavy atom. The summed E-state index contributed by atoms with van der Waals surface area (Å²) in [5, 5.41) is 13.6. The van der Waals surface area contributed by atoms with Crippen molar-refractivity contribution in [2.24, 2.45) is 0 Å². The summed E-state index contributed by atoms with van der Waals surface area (Å²) in [7, 11) is 3.79. The third-order valence-electron chi connectivity index (χ3n) is 2.99. The number of ether oxygens (including phenoxy) is 1. The van der Waals surface area contributed by atoms with Gasteiger partial charge in [0.2, 0.25) is 0 Å². The van der Waals surface area contributed by atoms with Crippen LogP contribution in [0.25, 0.3) is 0 Å². The minimum Gasteiger partial charge on any atom is -0.388 e. The molecule has 0 amide bonds. The summed E-state index contributed by atoms with van der Waals surface area (Å²) in [5.74, 6) is 0. The van der Waals surface area contributed by atoms with Gasteiger partial charge in [-0.2, -0.15) is 0 Å². The minimum absolute atomic E-state index is 0.479. The van der Waals surface area contributed by atoms with E-state index in [1.807, 2.05) is 0 Å². The molecule has 1 saturated heterocycles. The van der Waals surface area contributed by atoms with Gasteiger partial charge in [-0.05, 0) is 39.4 Å². The van der Waals surface area contributed by atoms with Crippen molar-refractivity contribution in [2.45, 2.75) is 24.9 Å². The summed E-state index contributed by atoms with van der Waals surface area (Å²) >= 11 is 0. The Labute approximate surface area is 92.6 Å². The van der Waals surface area contributed by atoms with E-state index >= 15 is 0 Å². The summed E-state index contributed by atoms with van der Waals surface area (Å²) in [6.45, 7) is 4.43. The first-order chi connectivity index (χ1) is 7.16. The van der Waals surface area contributed by atoms with Crippen molar-refractivity contribution in [1.29, 1.82) is 0 Å². The van der Waals surface area contributed by atoms with E-state index < -0.39 is 5.60 Å². The zero-order valence-electron chi connectivity index (χ0n) is 9.96. The molecular formula is C11H24N2O2. The lowest BCUT2D eigenvalue weighted by atomic mass is 9.92. The largest absolute Gasteiger partial charge is 0.388 e. The van der Waals surface area contributed by atoms with Crippen molar-refractivity contribution in [1.82, 2.24) is 10.2 Å². The topological polar surface area (TPSA) is 44.7 Å². The van der Waals surface area contributed by atoms with Gasteiger partial charge in [0.15, 0.2) is 0 Å². The fraction of sp³-hybridized carbons (Fsp3) is 1.00. The molecule has 0 saturated carbocycles. The van der Waals surface area contributed by atoms with Crippen LogP contribution in [-0.4, -0.2) is 62.6 Å². The smallest absolute Gasteiger partial charge is 0.0798 e. The molecule has 0 aromatic carbocycles. The lowest BCUT2D eigenvalue weighted by Gasteiger charge is -2.35. The van der Waals surface area contributed by atoms with Crippen LogP contribution in [0.3, 0.4) is 0 Å². The molecule has 1 aliphatic rings. The number of hydrogen-bond donors (Lipinski definition) is 2. The van der Waals surface area contributed by atoms with Crippen LogP contribution in [0.2, 0.25) is 0 Å². The molecule has 0 aliphatic carbocycles. The Bertz CT molecular complexity index is 170. The first-order valence-electron chi connectivity index (χ1n) is 5.77. The van der Waals surface area contributed by atoms with E-state index in [2.05, 4.69) is 17.3 Å². The third kappa shape index (κ3) is 4.93. The molecule has 0 aromatic heterocycles. The zero-order valence-corrected chi connectivity index (χ0v) is 9.96. The van der Waals surface area contributed by atoms with Crippen LogP contribution >= 0.6 is 0 Å². The molecule has 0 aromatic rings. The molecule has 15 heavy (non-hydrogen) atoms.